The third kappa shape index (κ3) is 5.55. The second-order valence-electron chi connectivity index (χ2n) is 10.2. The highest BCUT2D eigenvalue weighted by molar-refractivity contribution is 5.98. The molecule has 8 nitrogen and oxygen atoms in total. The summed E-state index contributed by atoms with van der Waals surface area (Å²) in [4.78, 5) is 43.6. The van der Waals surface area contributed by atoms with Crippen LogP contribution in [0.1, 0.15) is 47.2 Å². The van der Waals surface area contributed by atoms with Crippen molar-refractivity contribution in [2.45, 2.75) is 56.9 Å². The lowest BCUT2D eigenvalue weighted by atomic mass is 9.96. The van der Waals surface area contributed by atoms with Crippen LogP contribution in [-0.4, -0.2) is 78.2 Å². The smallest absolute Gasteiger partial charge is 0.256 e. The molecule has 0 aliphatic carbocycles. The maximum atomic E-state index is 13.9. The summed E-state index contributed by atoms with van der Waals surface area (Å²) in [5.41, 5.74) is 1.56. The minimum atomic E-state index is -0.920. The monoisotopic (exact) mass is 505 g/mol. The maximum Gasteiger partial charge on any atom is 0.256 e. The van der Waals surface area contributed by atoms with Crippen molar-refractivity contribution in [2.24, 2.45) is 0 Å². The van der Waals surface area contributed by atoms with Gasteiger partial charge in [-0.25, -0.2) is 0 Å². The first kappa shape index (κ1) is 25.4. The Morgan fingerprint density at radius 1 is 1.05 bits per heavy atom. The molecule has 0 radical (unpaired) electrons. The van der Waals surface area contributed by atoms with Crippen LogP contribution in [0.15, 0.2) is 54.6 Å². The van der Waals surface area contributed by atoms with Gasteiger partial charge in [0.1, 0.15) is 11.8 Å². The number of nitrogens with zero attached hydrogens (tertiary/aromatic N) is 2. The van der Waals surface area contributed by atoms with Gasteiger partial charge in [0.25, 0.3) is 5.91 Å². The third-order valence-electron chi connectivity index (χ3n) is 7.67. The van der Waals surface area contributed by atoms with E-state index in [0.717, 1.165) is 24.0 Å². The molecule has 0 bridgehead atoms. The van der Waals surface area contributed by atoms with Crippen LogP contribution in [0.3, 0.4) is 0 Å². The number of nitrogens with one attached hydrogen (secondary N) is 1. The molecule has 3 aliphatic heterocycles. The maximum absolute atomic E-state index is 13.9. The number of aryl methyl sites for hydroxylation is 1. The molecule has 8 heteroatoms. The first-order valence-electron chi connectivity index (χ1n) is 13.2. The summed E-state index contributed by atoms with van der Waals surface area (Å²) >= 11 is 0. The van der Waals surface area contributed by atoms with E-state index in [9.17, 15) is 14.4 Å². The summed E-state index contributed by atoms with van der Waals surface area (Å²) in [6.45, 7) is 4.15. The van der Waals surface area contributed by atoms with Crippen molar-refractivity contribution >= 4 is 17.7 Å². The van der Waals surface area contributed by atoms with Crippen LogP contribution in [-0.2, 0) is 25.5 Å². The van der Waals surface area contributed by atoms with Crippen molar-refractivity contribution in [3.63, 3.8) is 0 Å². The summed E-state index contributed by atoms with van der Waals surface area (Å²) in [6.07, 6.45) is 3.19. The summed E-state index contributed by atoms with van der Waals surface area (Å²) in [5.74, 6) is -0.389. The number of carbonyl (C=O) groups is 3. The van der Waals surface area contributed by atoms with Crippen LogP contribution < -0.4 is 5.32 Å². The van der Waals surface area contributed by atoms with Crippen LogP contribution in [0, 0.1) is 6.92 Å². The summed E-state index contributed by atoms with van der Waals surface area (Å²) in [7, 11) is 0. The summed E-state index contributed by atoms with van der Waals surface area (Å²) in [5, 5.41) is 2.99. The molecule has 3 amide bonds. The second-order valence-corrected chi connectivity index (χ2v) is 10.2. The van der Waals surface area contributed by atoms with Gasteiger partial charge in [-0.15, -0.1) is 0 Å². The quantitative estimate of drug-likeness (QED) is 0.652. The zero-order chi connectivity index (χ0) is 25.8. The van der Waals surface area contributed by atoms with Gasteiger partial charge in [0.05, 0.1) is 19.1 Å². The van der Waals surface area contributed by atoms with Crippen LogP contribution in [0.4, 0.5) is 0 Å². The molecule has 0 saturated carbocycles. The predicted octanol–water partition coefficient (Wildman–Crippen LogP) is 2.69. The van der Waals surface area contributed by atoms with Gasteiger partial charge in [0, 0.05) is 44.6 Å². The molecule has 2 aromatic rings. The van der Waals surface area contributed by atoms with Crippen LogP contribution in [0.25, 0.3) is 0 Å². The molecule has 3 saturated heterocycles. The van der Waals surface area contributed by atoms with Gasteiger partial charge >= 0.3 is 0 Å². The summed E-state index contributed by atoms with van der Waals surface area (Å²) in [6, 6.07) is 16.4. The Bertz CT molecular complexity index is 1120. The van der Waals surface area contributed by atoms with E-state index < -0.39 is 11.8 Å². The highest BCUT2D eigenvalue weighted by atomic mass is 16.5. The molecule has 2 atom stereocenters. The van der Waals surface area contributed by atoms with Gasteiger partial charge in [0.2, 0.25) is 11.8 Å². The van der Waals surface area contributed by atoms with Gasteiger partial charge in [-0.2, -0.15) is 0 Å². The van der Waals surface area contributed by atoms with Crippen molar-refractivity contribution < 1.29 is 23.9 Å². The van der Waals surface area contributed by atoms with Crippen LogP contribution in [0.5, 0.6) is 0 Å². The SMILES string of the molecule is Cc1cccc(C(=O)N2[C@H](C(=O)NC[C@@H]3CCCO3)COC23CCN(C(=O)Cc2ccccc2)CC3)c1. The zero-order valence-electron chi connectivity index (χ0n) is 21.4. The minimum Gasteiger partial charge on any atom is -0.376 e. The average molecular weight is 506 g/mol. The van der Waals surface area contributed by atoms with Gasteiger partial charge in [0.15, 0.2) is 0 Å². The largest absolute Gasteiger partial charge is 0.376 e. The lowest BCUT2D eigenvalue weighted by molar-refractivity contribution is -0.143. The van der Waals surface area contributed by atoms with E-state index in [-0.39, 0.29) is 30.4 Å². The molecule has 3 heterocycles. The van der Waals surface area contributed by atoms with E-state index in [0.29, 0.717) is 51.1 Å². The van der Waals surface area contributed by atoms with E-state index in [1.165, 1.54) is 0 Å². The lowest BCUT2D eigenvalue weighted by Crippen LogP contribution is -2.60. The Kier molecular flexibility index (Phi) is 7.58. The van der Waals surface area contributed by atoms with E-state index in [1.54, 1.807) is 11.0 Å². The van der Waals surface area contributed by atoms with Gasteiger partial charge in [-0.1, -0.05) is 48.0 Å². The van der Waals surface area contributed by atoms with E-state index in [4.69, 9.17) is 9.47 Å². The van der Waals surface area contributed by atoms with E-state index in [1.807, 2.05) is 60.4 Å². The van der Waals surface area contributed by atoms with Crippen molar-refractivity contribution in [3.8, 4) is 0 Å². The highest BCUT2D eigenvalue weighted by Crippen LogP contribution is 2.38. The van der Waals surface area contributed by atoms with Crippen LogP contribution in [0.2, 0.25) is 0 Å². The van der Waals surface area contributed by atoms with Crippen molar-refractivity contribution in [1.82, 2.24) is 15.1 Å². The first-order chi connectivity index (χ1) is 17.9. The Morgan fingerprint density at radius 2 is 1.84 bits per heavy atom. The standard InChI is InChI=1S/C29H35N3O5/c1-21-7-5-10-23(17-21)28(35)32-25(27(34)30-19-24-11-6-16-36-24)20-37-29(32)12-14-31(15-13-29)26(33)18-22-8-3-2-4-9-22/h2-5,7-10,17,24-25H,6,11-16,18-20H2,1H3,(H,30,34)/t24-,25-/m0/s1. The number of benzene rings is 2. The molecule has 3 fully saturated rings. The number of carbonyl (C=O) groups excluding carboxylic acids is 3. The normalized spacial score (nSPS) is 22.8. The molecular weight excluding hydrogens is 470 g/mol. The third-order valence-corrected chi connectivity index (χ3v) is 7.67. The number of amides is 3. The number of piperidine rings is 1. The molecule has 5 rings (SSSR count). The number of ether oxygens (including phenoxy) is 2. The topological polar surface area (TPSA) is 88.2 Å². The second kappa shape index (κ2) is 11.0. The first-order valence-corrected chi connectivity index (χ1v) is 13.2. The molecule has 37 heavy (non-hydrogen) atoms. The average Bonchev–Trinajstić information content (AvgIpc) is 3.56. The van der Waals surface area contributed by atoms with Crippen molar-refractivity contribution in [1.29, 1.82) is 0 Å². The lowest BCUT2D eigenvalue weighted by Gasteiger charge is -2.44. The number of hydrogen-bond donors (Lipinski definition) is 1. The zero-order valence-corrected chi connectivity index (χ0v) is 21.4. The van der Waals surface area contributed by atoms with Crippen molar-refractivity contribution in [3.05, 3.63) is 71.3 Å². The minimum absolute atomic E-state index is 0.0139. The fourth-order valence-electron chi connectivity index (χ4n) is 5.61. The number of hydrogen-bond acceptors (Lipinski definition) is 5. The molecule has 0 unspecified atom stereocenters. The molecule has 1 N–H and O–H groups in total. The molecule has 0 aromatic heterocycles. The highest BCUT2D eigenvalue weighted by Gasteiger charge is 2.54. The number of rotatable bonds is 6. The van der Waals surface area contributed by atoms with Crippen LogP contribution >= 0.6 is 0 Å². The Balaban J connectivity index is 1.32. The molecular formula is C29H35N3O5. The fraction of sp³-hybridized carbons (Fsp3) is 0.483. The molecule has 2 aromatic carbocycles. The molecule has 3 aliphatic rings. The van der Waals surface area contributed by atoms with Gasteiger partial charge in [-0.3, -0.25) is 19.3 Å². The predicted molar refractivity (Wildman–Crippen MR) is 138 cm³/mol. The van der Waals surface area contributed by atoms with E-state index in [2.05, 4.69) is 5.32 Å². The van der Waals surface area contributed by atoms with Gasteiger partial charge in [-0.05, 0) is 37.5 Å². The fourth-order valence-corrected chi connectivity index (χ4v) is 5.61. The Morgan fingerprint density at radius 3 is 2.54 bits per heavy atom. The number of likely N-dealkylation sites (tertiary alicyclic amines) is 1. The van der Waals surface area contributed by atoms with Gasteiger partial charge < -0.3 is 19.7 Å². The summed E-state index contributed by atoms with van der Waals surface area (Å²) < 4.78 is 11.9. The molecule has 1 spiro atoms. The molecule has 196 valence electrons. The van der Waals surface area contributed by atoms with Crippen molar-refractivity contribution in [2.75, 3.05) is 32.8 Å². The Labute approximate surface area is 217 Å². The van der Waals surface area contributed by atoms with E-state index >= 15 is 0 Å². The Hall–Kier alpha value is -3.23.